The van der Waals surface area contributed by atoms with Crippen LogP contribution in [0, 0.1) is 19.0 Å². The van der Waals surface area contributed by atoms with Crippen LogP contribution in [0.4, 0.5) is 0 Å². The maximum Gasteiger partial charge on any atom is 2.00 e. The Morgan fingerprint density at radius 3 is 2.12 bits per heavy atom. The van der Waals surface area contributed by atoms with E-state index in [1.54, 1.807) is 12.3 Å². The number of fused-ring (bicyclic) bond motifs is 6. The van der Waals surface area contributed by atoms with Crippen LogP contribution in [0.2, 0.25) is 0 Å². The molecule has 0 saturated carbocycles. The van der Waals surface area contributed by atoms with Crippen LogP contribution < -0.4 is 0 Å². The van der Waals surface area contributed by atoms with E-state index in [9.17, 15) is 0 Å². The second kappa shape index (κ2) is 13.9. The van der Waals surface area contributed by atoms with E-state index in [1.165, 1.54) is 5.56 Å². The van der Waals surface area contributed by atoms with Gasteiger partial charge >= 0.3 is 21.1 Å². The molecule has 10 aromatic rings. The van der Waals surface area contributed by atoms with Crippen molar-refractivity contribution in [2.45, 2.75) is 33.0 Å². The molecule has 0 aliphatic heterocycles. The molecule has 6 aromatic carbocycles. The van der Waals surface area contributed by atoms with Crippen LogP contribution in [-0.2, 0) is 26.5 Å². The summed E-state index contributed by atoms with van der Waals surface area (Å²) in [6.45, 7) is 4.19. The summed E-state index contributed by atoms with van der Waals surface area (Å²) in [6.07, 6.45) is 3.53. The number of hydrogen-bond acceptors (Lipinski definition) is 3. The van der Waals surface area contributed by atoms with Gasteiger partial charge in [0.25, 0.3) is 0 Å². The van der Waals surface area contributed by atoms with Crippen molar-refractivity contribution in [3.05, 3.63) is 175 Å². The molecule has 0 aliphatic rings. The van der Waals surface area contributed by atoms with Gasteiger partial charge < -0.3 is 19.0 Å². The number of nitrogens with zero attached hydrogens (tertiary/aromatic N) is 3. The van der Waals surface area contributed by atoms with Gasteiger partial charge in [-0.3, -0.25) is 0 Å². The van der Waals surface area contributed by atoms with Gasteiger partial charge in [-0.15, -0.1) is 35.9 Å². The third-order valence-electron chi connectivity index (χ3n) is 10.6. The molecule has 0 N–H and O–H groups in total. The Balaban J connectivity index is 0.00000449. The van der Waals surface area contributed by atoms with E-state index in [1.807, 2.05) is 60.8 Å². The molecule has 10 rings (SSSR count). The number of aromatic nitrogens is 3. The molecule has 0 aliphatic carbocycles. The van der Waals surface area contributed by atoms with Crippen LogP contribution in [0.25, 0.3) is 94.2 Å². The van der Waals surface area contributed by atoms with Crippen molar-refractivity contribution in [2.75, 3.05) is 0 Å². The third-order valence-corrected chi connectivity index (χ3v) is 10.6. The summed E-state index contributed by atoms with van der Waals surface area (Å²) in [5.41, 5.74) is 11.3. The molecular formula is C51H37N3OPt. The summed E-state index contributed by atoms with van der Waals surface area (Å²) in [5.74, 6) is 0. The van der Waals surface area contributed by atoms with Crippen LogP contribution in [0.15, 0.2) is 156 Å². The quantitative estimate of drug-likeness (QED) is 0.162. The molecule has 5 heteroatoms. The smallest absolute Gasteiger partial charge is 0.500 e. The molecule has 4 heterocycles. The number of para-hydroxylation sites is 2. The molecule has 0 radical (unpaired) electrons. The first kappa shape index (κ1) is 32.2. The van der Waals surface area contributed by atoms with Gasteiger partial charge in [-0.1, -0.05) is 146 Å². The van der Waals surface area contributed by atoms with E-state index in [-0.39, 0.29) is 32.0 Å². The third kappa shape index (κ3) is 5.97. The summed E-state index contributed by atoms with van der Waals surface area (Å²) >= 11 is 0. The number of rotatable bonds is 5. The molecule has 4 aromatic heterocycles. The maximum absolute atomic E-state index is 8.63. The summed E-state index contributed by atoms with van der Waals surface area (Å²) in [5, 5.41) is 3.91. The fourth-order valence-electron chi connectivity index (χ4n) is 7.75. The molecule has 56 heavy (non-hydrogen) atoms. The van der Waals surface area contributed by atoms with Gasteiger partial charge in [0.2, 0.25) is 0 Å². The first-order valence-corrected chi connectivity index (χ1v) is 18.5. The standard InChI is InChI=1S/C51H37N3O.Pt/c1-32-26-46(53-31-44(32)34-16-9-6-10-17-34)43-30-37(29-42-41-20-13-19-38(49(41)55-50(42)43)33-14-7-5-8-15-33)54-47-21-12-11-18-39(47)40-23-22-35(27-48(40)54)45-28-36(24-25-52-45)51(2,3)4;/h5-26,28-29,31H,1-4H3;/q-2;+2/i1D3;. The zero-order valence-electron chi connectivity index (χ0n) is 34.0. The zero-order chi connectivity index (χ0) is 39.8. The minimum atomic E-state index is -2.41. The summed E-state index contributed by atoms with van der Waals surface area (Å²) in [6, 6.07) is 54.0. The van der Waals surface area contributed by atoms with Gasteiger partial charge in [0.15, 0.2) is 0 Å². The second-order valence-electron chi connectivity index (χ2n) is 15.1. The molecule has 272 valence electrons. The predicted molar refractivity (Wildman–Crippen MR) is 227 cm³/mol. The van der Waals surface area contributed by atoms with Crippen molar-refractivity contribution in [3.63, 3.8) is 0 Å². The van der Waals surface area contributed by atoms with E-state index in [0.717, 1.165) is 71.8 Å². The van der Waals surface area contributed by atoms with E-state index in [0.29, 0.717) is 22.4 Å². The average molecular weight is 906 g/mol. The van der Waals surface area contributed by atoms with E-state index >= 15 is 0 Å². The number of furan rings is 1. The molecule has 0 saturated heterocycles. The molecular weight excluding hydrogens is 866 g/mol. The van der Waals surface area contributed by atoms with Gasteiger partial charge in [0.05, 0.1) is 5.58 Å². The maximum atomic E-state index is 8.63. The Morgan fingerprint density at radius 2 is 1.36 bits per heavy atom. The summed E-state index contributed by atoms with van der Waals surface area (Å²) < 4.78 is 35.0. The Bertz CT molecular complexity index is 3200. The van der Waals surface area contributed by atoms with Gasteiger partial charge in [0, 0.05) is 38.5 Å². The number of hydrogen-bond donors (Lipinski definition) is 0. The Morgan fingerprint density at radius 1 is 0.625 bits per heavy atom. The molecule has 0 fully saturated rings. The minimum absolute atomic E-state index is 0. The normalized spacial score (nSPS) is 12.8. The van der Waals surface area contributed by atoms with Crippen molar-refractivity contribution >= 4 is 43.7 Å². The second-order valence-corrected chi connectivity index (χ2v) is 15.1. The van der Waals surface area contributed by atoms with Crippen molar-refractivity contribution < 1.29 is 29.6 Å². The number of aryl methyl sites for hydroxylation is 1. The number of benzene rings is 6. The van der Waals surface area contributed by atoms with Gasteiger partial charge in [-0.05, 0) is 74.6 Å². The molecule has 4 nitrogen and oxygen atoms in total. The fraction of sp³-hybridized carbons (Fsp3) is 0.0980. The largest absolute Gasteiger partial charge is 2.00 e. The topological polar surface area (TPSA) is 43.9 Å². The first-order chi connectivity index (χ1) is 28.0. The molecule has 0 amide bonds. The average Bonchev–Trinajstić information content (AvgIpc) is 3.79. The zero-order valence-corrected chi connectivity index (χ0v) is 33.3. The van der Waals surface area contributed by atoms with Crippen LogP contribution >= 0.6 is 0 Å². The summed E-state index contributed by atoms with van der Waals surface area (Å²) in [7, 11) is 0. The van der Waals surface area contributed by atoms with Crippen molar-refractivity contribution in [2.24, 2.45) is 0 Å². The number of pyridine rings is 2. The van der Waals surface area contributed by atoms with Crippen LogP contribution in [-0.4, -0.2) is 14.5 Å². The fourth-order valence-corrected chi connectivity index (χ4v) is 7.75. The van der Waals surface area contributed by atoms with Crippen molar-refractivity contribution in [1.82, 2.24) is 14.5 Å². The van der Waals surface area contributed by atoms with E-state index < -0.39 is 6.85 Å². The van der Waals surface area contributed by atoms with Crippen LogP contribution in [0.5, 0.6) is 0 Å². The van der Waals surface area contributed by atoms with E-state index in [4.69, 9.17) is 18.5 Å². The molecule has 0 atom stereocenters. The van der Waals surface area contributed by atoms with Crippen molar-refractivity contribution in [3.8, 4) is 50.5 Å². The van der Waals surface area contributed by atoms with Crippen LogP contribution in [0.1, 0.15) is 36.0 Å². The van der Waals surface area contributed by atoms with E-state index in [2.05, 4.69) is 116 Å². The van der Waals surface area contributed by atoms with Gasteiger partial charge in [-0.2, -0.15) is 0 Å². The minimum Gasteiger partial charge on any atom is -0.500 e. The van der Waals surface area contributed by atoms with Crippen molar-refractivity contribution in [1.29, 1.82) is 0 Å². The predicted octanol–water partition coefficient (Wildman–Crippen LogP) is 13.3. The van der Waals surface area contributed by atoms with Crippen LogP contribution in [0.3, 0.4) is 0 Å². The Labute approximate surface area is 345 Å². The Kier molecular flexibility index (Phi) is 7.98. The molecule has 0 spiro atoms. The Hall–Kier alpha value is -6.09. The van der Waals surface area contributed by atoms with Gasteiger partial charge in [-0.25, -0.2) is 0 Å². The molecule has 0 unspecified atom stereocenters. The summed E-state index contributed by atoms with van der Waals surface area (Å²) in [4.78, 5) is 9.75. The van der Waals surface area contributed by atoms with Gasteiger partial charge in [0.1, 0.15) is 5.58 Å². The monoisotopic (exact) mass is 905 g/mol. The first-order valence-electron chi connectivity index (χ1n) is 20.0. The SMILES string of the molecule is [2H]C([2H])([2H])c1cc(-c2[c-]c(-n3c4[c-]c(-c5cc(C(C)(C)C)ccn5)ccc4c4ccccc43)cc3c2oc2c(-c4ccccc4)cccc23)ncc1-c1ccccc1.[Pt+2]. The molecule has 0 bridgehead atoms.